The molecule has 2 aromatic rings. The number of carbonyl (C=O) groups excluding carboxylic acids is 3. The maximum Gasteiger partial charge on any atom is 1.00 e. The van der Waals surface area contributed by atoms with Gasteiger partial charge in [0.25, 0.3) is 11.8 Å². The smallest absolute Gasteiger partial charge is 0.731 e. The number of nitrogen functional groups attached to an aromatic ring is 2. The van der Waals surface area contributed by atoms with Crippen molar-refractivity contribution in [2.24, 2.45) is 10.3 Å². The Morgan fingerprint density at radius 1 is 1.11 bits per heavy atom. The maximum atomic E-state index is 12.8. The van der Waals surface area contributed by atoms with Crippen molar-refractivity contribution in [2.75, 3.05) is 32.3 Å². The number of carbonyl (C=O) groups is 3. The number of nitrogens with two attached hydrogens (primary N) is 2. The van der Waals surface area contributed by atoms with Crippen LogP contribution < -0.4 is 46.3 Å². The molecular formula is C16H17N8NaO9S3. The second kappa shape index (κ2) is 12.6. The average molecular weight is 585 g/mol. The van der Waals surface area contributed by atoms with Gasteiger partial charge in [0.05, 0.1) is 0 Å². The molecule has 2 aromatic heterocycles. The SMILES string of the molecule is CON=C(C(=O)N[C@@H]1C(=O)N(S(=O)(=O)[O-])[C@@H]1COC(=O)C(=NOC)c1csc(N)n1)c1csc(N)n1.[Na+]. The van der Waals surface area contributed by atoms with E-state index in [1.165, 1.54) is 10.8 Å². The largest absolute Gasteiger partial charge is 1.00 e. The molecule has 0 spiro atoms. The summed E-state index contributed by atoms with van der Waals surface area (Å²) in [6.45, 7) is -0.820. The molecule has 21 heteroatoms. The van der Waals surface area contributed by atoms with Crippen LogP contribution in [0.15, 0.2) is 21.1 Å². The fourth-order valence-electron chi connectivity index (χ4n) is 2.92. The van der Waals surface area contributed by atoms with E-state index < -0.39 is 52.5 Å². The summed E-state index contributed by atoms with van der Waals surface area (Å²) in [6, 6.07) is -3.16. The molecule has 2 atom stereocenters. The van der Waals surface area contributed by atoms with E-state index in [4.69, 9.17) is 16.2 Å². The van der Waals surface area contributed by atoms with Gasteiger partial charge < -0.3 is 35.7 Å². The number of anilines is 2. The molecule has 0 radical (unpaired) electrons. The molecule has 5 N–H and O–H groups in total. The summed E-state index contributed by atoms with van der Waals surface area (Å²) in [4.78, 5) is 54.7. The van der Waals surface area contributed by atoms with Crippen LogP contribution in [-0.2, 0) is 39.1 Å². The van der Waals surface area contributed by atoms with Crippen LogP contribution >= 0.6 is 22.7 Å². The van der Waals surface area contributed by atoms with Gasteiger partial charge in [0.2, 0.25) is 5.71 Å². The number of nitrogens with zero attached hydrogens (tertiary/aromatic N) is 5. The second-order valence-corrected chi connectivity index (χ2v) is 9.62. The molecule has 3 rings (SSSR count). The predicted octanol–water partition coefficient (Wildman–Crippen LogP) is -5.13. The number of hydrogen-bond donors (Lipinski definition) is 3. The first-order valence-electron chi connectivity index (χ1n) is 9.40. The molecule has 0 aliphatic carbocycles. The zero-order chi connectivity index (χ0) is 26.6. The third-order valence-electron chi connectivity index (χ3n) is 4.38. The number of amides is 2. The fraction of sp³-hybridized carbons (Fsp3) is 0.312. The third-order valence-corrected chi connectivity index (χ3v) is 6.66. The minimum Gasteiger partial charge on any atom is -0.731 e. The van der Waals surface area contributed by atoms with Crippen molar-refractivity contribution in [1.82, 2.24) is 19.6 Å². The van der Waals surface area contributed by atoms with Crippen LogP contribution in [0, 0.1) is 0 Å². The van der Waals surface area contributed by atoms with Crippen molar-refractivity contribution in [3.8, 4) is 0 Å². The molecule has 1 aliphatic rings. The molecule has 0 bridgehead atoms. The van der Waals surface area contributed by atoms with E-state index in [2.05, 4.69) is 35.3 Å². The Morgan fingerprint density at radius 3 is 2.08 bits per heavy atom. The number of β-lactam (4-membered cyclic amide) rings is 1. The van der Waals surface area contributed by atoms with Crippen molar-refractivity contribution >= 4 is 72.4 Å². The molecule has 37 heavy (non-hydrogen) atoms. The molecule has 0 saturated carbocycles. The van der Waals surface area contributed by atoms with Crippen LogP contribution in [0.2, 0.25) is 0 Å². The van der Waals surface area contributed by atoms with Crippen LogP contribution in [0.4, 0.5) is 10.3 Å². The van der Waals surface area contributed by atoms with Crippen molar-refractivity contribution < 1.29 is 71.3 Å². The fourth-order valence-corrected chi connectivity index (χ4v) is 4.87. The summed E-state index contributed by atoms with van der Waals surface area (Å²) in [5, 5.41) is 12.3. The van der Waals surface area contributed by atoms with Crippen LogP contribution in [0.3, 0.4) is 0 Å². The first kappa shape index (κ1) is 30.3. The zero-order valence-electron chi connectivity index (χ0n) is 19.3. The van der Waals surface area contributed by atoms with Gasteiger partial charge in [-0.3, -0.25) is 9.59 Å². The van der Waals surface area contributed by atoms with Crippen LogP contribution in [-0.4, -0.2) is 89.4 Å². The van der Waals surface area contributed by atoms with E-state index >= 15 is 0 Å². The predicted molar refractivity (Wildman–Crippen MR) is 123 cm³/mol. The Balaban J connectivity index is 0.00000481. The summed E-state index contributed by atoms with van der Waals surface area (Å²) in [6.07, 6.45) is 0. The van der Waals surface area contributed by atoms with E-state index in [1.54, 1.807) is 0 Å². The Kier molecular flexibility index (Phi) is 10.3. The molecule has 17 nitrogen and oxygen atoms in total. The Bertz CT molecular complexity index is 1340. The van der Waals surface area contributed by atoms with E-state index in [9.17, 15) is 27.4 Å². The molecule has 0 aromatic carbocycles. The van der Waals surface area contributed by atoms with Gasteiger partial charge in [-0.05, 0) is 0 Å². The Labute approximate surface area is 239 Å². The van der Waals surface area contributed by atoms with E-state index in [0.29, 0.717) is 0 Å². The van der Waals surface area contributed by atoms with Gasteiger partial charge in [-0.2, -0.15) is 0 Å². The number of hydrogen-bond acceptors (Lipinski definition) is 17. The van der Waals surface area contributed by atoms with E-state index in [-0.39, 0.29) is 61.2 Å². The summed E-state index contributed by atoms with van der Waals surface area (Å²) in [5.74, 6) is -3.39. The molecule has 1 fully saturated rings. The molecule has 2 amide bonds. The molecule has 194 valence electrons. The number of oxime groups is 2. The van der Waals surface area contributed by atoms with Gasteiger partial charge in [0.1, 0.15) is 44.3 Å². The summed E-state index contributed by atoms with van der Waals surface area (Å²) in [5.41, 5.74) is 10.3. The number of nitrogens with one attached hydrogen (secondary N) is 1. The minimum absolute atomic E-state index is 0. The van der Waals surface area contributed by atoms with Gasteiger partial charge in [-0.25, -0.2) is 27.5 Å². The monoisotopic (exact) mass is 584 g/mol. The minimum atomic E-state index is -5.31. The summed E-state index contributed by atoms with van der Waals surface area (Å²) >= 11 is 2.00. The van der Waals surface area contributed by atoms with Gasteiger partial charge in [-0.1, -0.05) is 10.3 Å². The van der Waals surface area contributed by atoms with E-state index in [0.717, 1.165) is 36.9 Å². The molecule has 1 aliphatic heterocycles. The van der Waals surface area contributed by atoms with Crippen molar-refractivity contribution in [3.63, 3.8) is 0 Å². The van der Waals surface area contributed by atoms with Crippen LogP contribution in [0.1, 0.15) is 11.4 Å². The Morgan fingerprint density at radius 2 is 1.62 bits per heavy atom. The van der Waals surface area contributed by atoms with Gasteiger partial charge in [0, 0.05) is 10.8 Å². The first-order valence-corrected chi connectivity index (χ1v) is 12.5. The molecule has 0 unspecified atom stereocenters. The van der Waals surface area contributed by atoms with Gasteiger partial charge in [-0.15, -0.1) is 22.7 Å². The van der Waals surface area contributed by atoms with Gasteiger partial charge >= 0.3 is 35.5 Å². The zero-order valence-corrected chi connectivity index (χ0v) is 23.8. The molecule has 3 heterocycles. The number of rotatable bonds is 10. The van der Waals surface area contributed by atoms with Crippen LogP contribution in [0.25, 0.3) is 0 Å². The normalized spacial score (nSPS) is 17.9. The third kappa shape index (κ3) is 6.91. The standard InChI is InChI=1S/C16H18N8O9S3.Na/c1-31-22-9(6-4-34-15(17)19-6)12(25)21-11-8(24(13(11)26)36(28,29)30)3-33-14(27)10(23-32-2)7-5-35-16(18)20-7;/h4-5,8,11H,3H2,1-2H3,(H2,17,19)(H2,18,20)(H,21,25)(H,28,29,30);/q;+1/p-1/t8-,11+;/m1./s1. The molecule has 1 saturated heterocycles. The average Bonchev–Trinajstić information content (AvgIpc) is 3.43. The number of ether oxygens (including phenoxy) is 1. The number of aromatic nitrogens is 2. The van der Waals surface area contributed by atoms with Crippen molar-refractivity contribution in [2.45, 2.75) is 12.1 Å². The molecular weight excluding hydrogens is 567 g/mol. The Hall–Kier alpha value is -2.88. The number of esters is 1. The maximum absolute atomic E-state index is 12.8. The summed E-state index contributed by atoms with van der Waals surface area (Å²) in [7, 11) is -3.01. The van der Waals surface area contributed by atoms with E-state index in [1.807, 2.05) is 0 Å². The van der Waals surface area contributed by atoms with Gasteiger partial charge in [0.15, 0.2) is 26.3 Å². The van der Waals surface area contributed by atoms with Crippen molar-refractivity contribution in [3.05, 3.63) is 22.1 Å². The second-order valence-electron chi connectivity index (χ2n) is 6.60. The summed E-state index contributed by atoms with van der Waals surface area (Å²) < 4.78 is 39.8. The first-order chi connectivity index (χ1) is 17.0. The quantitative estimate of drug-likeness (QED) is 0.0590. The number of thiazole rings is 2. The van der Waals surface area contributed by atoms with Crippen LogP contribution in [0.5, 0.6) is 0 Å². The topological polar surface area (TPSA) is 254 Å². The van der Waals surface area contributed by atoms with Crippen molar-refractivity contribution in [1.29, 1.82) is 0 Å².